The maximum absolute atomic E-state index is 15.2. The molecule has 15 heteroatoms. The van der Waals surface area contributed by atoms with Gasteiger partial charge in [0.05, 0.1) is 55.7 Å². The molecule has 5 atom stereocenters. The molecule has 0 radical (unpaired) electrons. The van der Waals surface area contributed by atoms with Crippen LogP contribution in [-0.2, 0) is 26.3 Å². The second kappa shape index (κ2) is 17.2. The van der Waals surface area contributed by atoms with Crippen LogP contribution >= 0.6 is 0 Å². The average Bonchev–Trinajstić information content (AvgIpc) is 3.67. The summed E-state index contributed by atoms with van der Waals surface area (Å²) in [7, 11) is 11.3. The number of halogens is 3. The zero-order valence-corrected chi connectivity index (χ0v) is 34.7. The normalized spacial score (nSPS) is 18.9. The van der Waals surface area contributed by atoms with E-state index in [1.165, 1.54) is 46.6 Å². The summed E-state index contributed by atoms with van der Waals surface area (Å²) >= 11 is 0. The molecule has 12 nitrogen and oxygen atoms in total. The highest BCUT2D eigenvalue weighted by Gasteiger charge is 2.65. The molecule has 0 saturated carbocycles. The summed E-state index contributed by atoms with van der Waals surface area (Å²) in [5, 5.41) is 0. The van der Waals surface area contributed by atoms with Crippen LogP contribution in [0.5, 0.6) is 51.7 Å². The van der Waals surface area contributed by atoms with E-state index < -0.39 is 47.5 Å². The molecule has 5 aromatic carbocycles. The van der Waals surface area contributed by atoms with E-state index in [9.17, 15) is 4.79 Å². The summed E-state index contributed by atoms with van der Waals surface area (Å²) < 4.78 is 110. The van der Waals surface area contributed by atoms with Crippen LogP contribution in [0.3, 0.4) is 0 Å². The monoisotopic (exact) mass is 846 g/mol. The number of benzene rings is 5. The first-order valence-corrected chi connectivity index (χ1v) is 19.0. The molecule has 2 heterocycles. The first kappa shape index (κ1) is 42.6. The Kier molecular flexibility index (Phi) is 12.1. The van der Waals surface area contributed by atoms with Gasteiger partial charge >= 0.3 is 12.1 Å². The van der Waals surface area contributed by atoms with E-state index >= 15 is 13.2 Å². The quantitative estimate of drug-likeness (QED) is 0.0996. The Bertz CT molecular complexity index is 2360. The minimum absolute atomic E-state index is 0.155. The van der Waals surface area contributed by atoms with Crippen LogP contribution in [-0.4, -0.2) is 75.1 Å². The number of fused-ring (bicyclic) bond motifs is 3. The van der Waals surface area contributed by atoms with Gasteiger partial charge in [0.2, 0.25) is 0 Å². The number of ether oxygens (including phenoxy) is 11. The predicted octanol–water partition coefficient (Wildman–Crippen LogP) is 8.70. The molecule has 0 aromatic heterocycles. The Morgan fingerprint density at radius 3 is 1.66 bits per heavy atom. The number of rotatable bonds is 14. The van der Waals surface area contributed by atoms with Gasteiger partial charge in [-0.25, -0.2) is 4.79 Å². The van der Waals surface area contributed by atoms with Gasteiger partial charge in [0, 0.05) is 47.9 Å². The van der Waals surface area contributed by atoms with Crippen molar-refractivity contribution >= 4 is 5.97 Å². The van der Waals surface area contributed by atoms with Gasteiger partial charge in [-0.2, -0.15) is 13.2 Å². The lowest BCUT2D eigenvalue weighted by Gasteiger charge is -2.38. The van der Waals surface area contributed by atoms with Crippen LogP contribution in [0.15, 0.2) is 91.0 Å². The molecule has 0 N–H and O–H groups in total. The van der Waals surface area contributed by atoms with E-state index in [0.717, 1.165) is 30.4 Å². The molecule has 2 aliphatic heterocycles. The Morgan fingerprint density at radius 2 is 1.15 bits per heavy atom. The van der Waals surface area contributed by atoms with Crippen molar-refractivity contribution in [3.8, 4) is 51.7 Å². The highest BCUT2D eigenvalue weighted by molar-refractivity contribution is 5.83. The Morgan fingerprint density at radius 1 is 0.590 bits per heavy atom. The summed E-state index contributed by atoms with van der Waals surface area (Å²) in [6.07, 6.45) is -8.68. The molecule has 5 aromatic rings. The molecule has 0 fully saturated rings. The maximum atomic E-state index is 15.2. The van der Waals surface area contributed by atoms with E-state index in [1.54, 1.807) is 57.7 Å². The molecular formula is C46H45F3O12. The summed E-state index contributed by atoms with van der Waals surface area (Å²) in [5.41, 5.74) is -1.08. The molecule has 0 bridgehead atoms. The highest BCUT2D eigenvalue weighted by atomic mass is 19.4. The first-order valence-electron chi connectivity index (χ1n) is 19.0. The summed E-state index contributed by atoms with van der Waals surface area (Å²) in [5.74, 6) is 1.39. The standard InChI is InChI=1S/C46H45F3O12/c1-51-29-18-27(19-30(22-29)52-2)39-40-37(59-42(39)26-15-17-33(54-4)36(21-26)57-7)24-34(55-5)31-23-38(41(61-43(31)40)25-14-16-32(53-3)35(20-25)56-6)60-44(50)45(58-8,46(47,48)49)28-12-10-9-11-13-28/h9-22,24,38-39,41-42H,23H2,1-8H3/t38-,39+,41+,42-,45-/m0/s1. The molecule has 0 spiro atoms. The van der Waals surface area contributed by atoms with Gasteiger partial charge in [0.1, 0.15) is 41.0 Å². The maximum Gasteiger partial charge on any atom is 0.432 e. The lowest BCUT2D eigenvalue weighted by molar-refractivity contribution is -0.279. The highest BCUT2D eigenvalue weighted by Crippen LogP contribution is 2.59. The van der Waals surface area contributed by atoms with E-state index in [-0.39, 0.29) is 12.2 Å². The van der Waals surface area contributed by atoms with Crippen molar-refractivity contribution in [2.75, 3.05) is 56.9 Å². The smallest absolute Gasteiger partial charge is 0.432 e. The minimum Gasteiger partial charge on any atom is -0.497 e. The van der Waals surface area contributed by atoms with Crippen LogP contribution in [0.1, 0.15) is 51.5 Å². The number of hydrogen-bond acceptors (Lipinski definition) is 12. The number of hydrogen-bond donors (Lipinski definition) is 0. The van der Waals surface area contributed by atoms with Crippen molar-refractivity contribution in [3.63, 3.8) is 0 Å². The number of alkyl halides is 3. The topological polar surface area (TPSA) is 119 Å². The zero-order chi connectivity index (χ0) is 43.6. The van der Waals surface area contributed by atoms with Crippen molar-refractivity contribution in [2.24, 2.45) is 0 Å². The van der Waals surface area contributed by atoms with Gasteiger partial charge < -0.3 is 52.1 Å². The van der Waals surface area contributed by atoms with Crippen molar-refractivity contribution in [3.05, 3.63) is 124 Å². The lowest BCUT2D eigenvalue weighted by atomic mass is 9.82. The molecule has 0 unspecified atom stereocenters. The van der Waals surface area contributed by atoms with Gasteiger partial charge in [0.15, 0.2) is 29.1 Å². The van der Waals surface area contributed by atoms with Crippen molar-refractivity contribution in [2.45, 2.75) is 42.4 Å². The Balaban J connectivity index is 1.44. The third kappa shape index (κ3) is 7.51. The molecule has 7 rings (SSSR count). The Labute approximate surface area is 350 Å². The van der Waals surface area contributed by atoms with Crippen LogP contribution < -0.4 is 42.6 Å². The van der Waals surface area contributed by atoms with Gasteiger partial charge in [-0.1, -0.05) is 42.5 Å². The third-order valence-corrected chi connectivity index (χ3v) is 11.1. The van der Waals surface area contributed by atoms with Crippen LogP contribution in [0.25, 0.3) is 0 Å². The van der Waals surface area contributed by atoms with Gasteiger partial charge in [0.25, 0.3) is 5.60 Å². The molecular weight excluding hydrogens is 801 g/mol. The van der Waals surface area contributed by atoms with Crippen LogP contribution in [0, 0.1) is 0 Å². The number of carbonyl (C=O) groups excluding carboxylic acids is 1. The minimum atomic E-state index is -5.23. The fourth-order valence-electron chi connectivity index (χ4n) is 8.10. The molecule has 61 heavy (non-hydrogen) atoms. The number of esters is 1. The average molecular weight is 847 g/mol. The van der Waals surface area contributed by atoms with Crippen molar-refractivity contribution in [1.29, 1.82) is 0 Å². The molecule has 0 saturated heterocycles. The first-order chi connectivity index (χ1) is 29.4. The predicted molar refractivity (Wildman–Crippen MR) is 215 cm³/mol. The number of methoxy groups -OCH3 is 8. The summed E-state index contributed by atoms with van der Waals surface area (Å²) in [4.78, 5) is 14.3. The van der Waals surface area contributed by atoms with Gasteiger partial charge in [-0.05, 0) is 47.5 Å². The summed E-state index contributed by atoms with van der Waals surface area (Å²) in [6, 6.07) is 24.1. The SMILES string of the molecule is COc1cc(OC)cc([C@@H]2c3c(cc(OC)c4c3O[C@H](c3ccc(OC)c(OC)c3)[C@@H](OC(=O)[C@@](OC)(c3ccccc3)C(F)(F)F)C4)O[C@H]2c2ccc(OC)c(OC)c2)c1. The van der Waals surface area contributed by atoms with Crippen molar-refractivity contribution in [1.82, 2.24) is 0 Å². The fourth-order valence-corrected chi connectivity index (χ4v) is 8.10. The Hall–Kier alpha value is -6.48. The van der Waals surface area contributed by atoms with Crippen LogP contribution in [0.2, 0.25) is 0 Å². The molecule has 2 aliphatic rings. The van der Waals surface area contributed by atoms with E-state index in [0.29, 0.717) is 62.7 Å². The fraction of sp³-hybridized carbons (Fsp3) is 0.326. The van der Waals surface area contributed by atoms with Crippen molar-refractivity contribution < 1.29 is 70.1 Å². The van der Waals surface area contributed by atoms with E-state index in [2.05, 4.69) is 0 Å². The summed E-state index contributed by atoms with van der Waals surface area (Å²) in [6.45, 7) is 0. The van der Waals surface area contributed by atoms with Crippen LogP contribution in [0.4, 0.5) is 13.2 Å². The lowest BCUT2D eigenvalue weighted by Crippen LogP contribution is -2.53. The molecule has 0 amide bonds. The van der Waals surface area contributed by atoms with E-state index in [4.69, 9.17) is 52.1 Å². The molecule has 322 valence electrons. The number of carbonyl (C=O) groups is 1. The van der Waals surface area contributed by atoms with Gasteiger partial charge in [-0.15, -0.1) is 0 Å². The van der Waals surface area contributed by atoms with Gasteiger partial charge in [-0.3, -0.25) is 0 Å². The molecule has 0 aliphatic carbocycles. The second-order valence-electron chi connectivity index (χ2n) is 14.1. The largest absolute Gasteiger partial charge is 0.497 e. The second-order valence-corrected chi connectivity index (χ2v) is 14.1. The zero-order valence-electron chi connectivity index (χ0n) is 34.7. The third-order valence-electron chi connectivity index (χ3n) is 11.1. The van der Waals surface area contributed by atoms with E-state index in [1.807, 2.05) is 24.3 Å².